The Bertz CT molecular complexity index is 4220. The van der Waals surface area contributed by atoms with Crippen LogP contribution in [0.4, 0.5) is 0 Å². The molecule has 1 aromatic heterocycles. The lowest BCUT2D eigenvalue weighted by molar-refractivity contribution is 0.617. The fraction of sp³-hybridized carbons (Fsp3) is 0. The Hall–Kier alpha value is -6.44. The van der Waals surface area contributed by atoms with Crippen molar-refractivity contribution in [1.29, 1.82) is 0 Å². The summed E-state index contributed by atoms with van der Waals surface area (Å²) in [7, 11) is 0. The topological polar surface area (TPSA) is 13.1 Å². The van der Waals surface area contributed by atoms with Crippen molar-refractivity contribution in [3.05, 3.63) is 182 Å². The molecule has 10 aromatic rings. The second-order valence-corrected chi connectivity index (χ2v) is 10.9. The molecule has 0 aliphatic carbocycles. The zero-order chi connectivity index (χ0) is 54.1. The van der Waals surface area contributed by atoms with E-state index in [9.17, 15) is 15.1 Å². The van der Waals surface area contributed by atoms with Crippen molar-refractivity contribution >= 4 is 54.1 Å². The first-order valence-electron chi connectivity index (χ1n) is 27.3. The minimum absolute atomic E-state index is 0.117. The summed E-state index contributed by atoms with van der Waals surface area (Å²) in [6, 6.07) is -12.6. The van der Waals surface area contributed by atoms with Crippen molar-refractivity contribution in [3.63, 3.8) is 0 Å². The molecule has 49 heavy (non-hydrogen) atoms. The Labute approximate surface area is 319 Å². The molecule has 0 N–H and O–H groups in total. The maximum Gasteiger partial charge on any atom is 0.134 e. The Kier molecular flexibility index (Phi) is 2.84. The minimum Gasteiger partial charge on any atom is -0.464 e. The molecular weight excluding hydrogens is 593 g/mol. The first kappa shape index (κ1) is 12.5. The molecule has 1 heteroatoms. The van der Waals surface area contributed by atoms with Gasteiger partial charge in [-0.1, -0.05) is 151 Å². The maximum absolute atomic E-state index is 9.89. The summed E-state index contributed by atoms with van der Waals surface area (Å²) < 4.78 is 233. The fourth-order valence-electron chi connectivity index (χ4n) is 5.98. The quantitative estimate of drug-likeness (QED) is 0.173. The van der Waals surface area contributed by atoms with Crippen molar-refractivity contribution in [2.75, 3.05) is 0 Å². The fourth-order valence-corrected chi connectivity index (χ4v) is 5.98. The molecule has 0 bridgehead atoms. The zero-order valence-corrected chi connectivity index (χ0v) is 24.8. The van der Waals surface area contributed by atoms with Gasteiger partial charge in [0.15, 0.2) is 0 Å². The molecule has 0 aliphatic rings. The lowest BCUT2D eigenvalue weighted by atomic mass is 9.85. The summed E-state index contributed by atoms with van der Waals surface area (Å²) in [5, 5.41) is -5.41. The monoisotopic (exact) mass is 647 g/mol. The van der Waals surface area contributed by atoms with Crippen LogP contribution in [-0.2, 0) is 0 Å². The number of hydrogen-bond donors (Lipinski definition) is 0. The van der Waals surface area contributed by atoms with Crippen LogP contribution in [0.1, 0.15) is 34.3 Å². The summed E-state index contributed by atoms with van der Waals surface area (Å²) in [6.07, 6.45) is -0.855. The van der Waals surface area contributed by atoms with Crippen LogP contribution in [0.5, 0.6) is 0 Å². The van der Waals surface area contributed by atoms with Gasteiger partial charge in [0, 0.05) is 16.5 Å². The molecule has 0 spiro atoms. The lowest BCUT2D eigenvalue weighted by Gasteiger charge is -2.18. The lowest BCUT2D eigenvalue weighted by Crippen LogP contribution is -1.91. The number of benzene rings is 9. The highest BCUT2D eigenvalue weighted by Gasteiger charge is 2.20. The Morgan fingerprint density at radius 1 is 0.367 bits per heavy atom. The molecule has 10 rings (SSSR count). The summed E-state index contributed by atoms with van der Waals surface area (Å²) >= 11 is 0. The van der Waals surface area contributed by atoms with Gasteiger partial charge in [0.25, 0.3) is 0 Å². The molecule has 0 saturated carbocycles. The van der Waals surface area contributed by atoms with Crippen LogP contribution in [0.3, 0.4) is 0 Å². The van der Waals surface area contributed by atoms with E-state index in [2.05, 4.69) is 0 Å². The van der Waals surface area contributed by atoms with Crippen LogP contribution in [0.2, 0.25) is 0 Å². The van der Waals surface area contributed by atoms with Gasteiger partial charge in [0.05, 0.1) is 39.1 Å². The molecule has 9 aromatic carbocycles. The summed E-state index contributed by atoms with van der Waals surface area (Å²) in [5.41, 5.74) is -4.27. The predicted octanol–water partition coefficient (Wildman–Crippen LogP) is 13.7. The van der Waals surface area contributed by atoms with Gasteiger partial charge in [-0.15, -0.1) is 0 Å². The third-order valence-corrected chi connectivity index (χ3v) is 8.16. The molecule has 0 saturated heterocycles. The molecule has 1 nitrogen and oxygen atoms in total. The standard InChI is InChI=1S/C48H30O/c1-2-11-31(12-3-1)34-24-26-46-44(29-34)45(30-49-46)48-42-18-8-6-16-40(42)47(41-17-7-9-19-43(41)48)37-23-25-39-35(28-37)15-10-20-38(39)36-22-21-32-13-4-5-14-33(32)27-36/h1-30H/i4D,5D,6D,7D,8D,9D,10D,13D,14D,15D,16D,17D,18D,19D,20D,21D,22D,23D,24D,25D,26D,27D,28D,29D,30D. The van der Waals surface area contributed by atoms with Gasteiger partial charge in [0.2, 0.25) is 0 Å². The average molecular weight is 648 g/mol. The SMILES string of the molecule is [2H]c1oc2c([2H])c([2H])c(-c3ccccc3)c([2H])c2c1-c1c2c([2H])c([2H])c([2H])c([2H])c2c(-c2c([2H])c([2H])c3c(-c4c([2H])c([2H])c5c([2H])c([2H])c([2H])c([2H])c5c4[2H])c([2H])c([2H])c([2H])c3c2[2H])c2c([2H])c([2H])c([2H])c([2H])c12. The molecule has 0 aliphatic heterocycles. The Balaban J connectivity index is 1.46. The molecule has 0 fully saturated rings. The molecule has 0 unspecified atom stereocenters. The van der Waals surface area contributed by atoms with Gasteiger partial charge < -0.3 is 4.42 Å². The van der Waals surface area contributed by atoms with Crippen molar-refractivity contribution in [2.45, 2.75) is 0 Å². The molecular formula is C48H30O. The van der Waals surface area contributed by atoms with E-state index < -0.39 is 233 Å². The van der Waals surface area contributed by atoms with Crippen molar-refractivity contribution < 1.29 is 38.7 Å². The second kappa shape index (κ2) is 11.1. The minimum atomic E-state index is -1.04. The molecule has 228 valence electrons. The van der Waals surface area contributed by atoms with Gasteiger partial charge in [-0.2, -0.15) is 0 Å². The van der Waals surface area contributed by atoms with Crippen LogP contribution in [0.25, 0.3) is 98.6 Å². The Morgan fingerprint density at radius 3 is 1.78 bits per heavy atom. The molecule has 1 heterocycles. The van der Waals surface area contributed by atoms with Crippen LogP contribution in [-0.4, -0.2) is 0 Å². The van der Waals surface area contributed by atoms with Crippen LogP contribution >= 0.6 is 0 Å². The van der Waals surface area contributed by atoms with Crippen molar-refractivity contribution in [3.8, 4) is 44.5 Å². The number of fused-ring (bicyclic) bond motifs is 5. The van der Waals surface area contributed by atoms with Crippen LogP contribution in [0.15, 0.2) is 186 Å². The van der Waals surface area contributed by atoms with E-state index in [-0.39, 0.29) is 16.5 Å². The maximum atomic E-state index is 9.89. The van der Waals surface area contributed by atoms with Gasteiger partial charge in [-0.3, -0.25) is 0 Å². The summed E-state index contributed by atoms with van der Waals surface area (Å²) in [6.45, 7) is 0. The van der Waals surface area contributed by atoms with Crippen molar-refractivity contribution in [1.82, 2.24) is 0 Å². The number of hydrogen-bond acceptors (Lipinski definition) is 1. The zero-order valence-electron chi connectivity index (χ0n) is 49.8. The normalized spacial score (nSPS) is 18.8. The number of rotatable bonds is 4. The van der Waals surface area contributed by atoms with E-state index in [1.807, 2.05) is 0 Å². The smallest absolute Gasteiger partial charge is 0.134 e. The van der Waals surface area contributed by atoms with E-state index in [1.165, 1.54) is 0 Å². The van der Waals surface area contributed by atoms with E-state index in [4.69, 9.17) is 23.6 Å². The summed E-state index contributed by atoms with van der Waals surface area (Å²) in [5.74, 6) is 0. The Morgan fingerprint density at radius 2 is 1.00 bits per heavy atom. The third-order valence-electron chi connectivity index (χ3n) is 8.16. The van der Waals surface area contributed by atoms with E-state index in [0.717, 1.165) is 0 Å². The molecule has 0 radical (unpaired) electrons. The predicted molar refractivity (Wildman–Crippen MR) is 208 cm³/mol. The highest BCUT2D eigenvalue weighted by molar-refractivity contribution is 6.23. The molecule has 0 atom stereocenters. The number of furan rings is 1. The van der Waals surface area contributed by atoms with Gasteiger partial charge in [-0.05, 0) is 101 Å². The average Bonchev–Trinajstić information content (AvgIpc) is 3.73. The van der Waals surface area contributed by atoms with E-state index in [0.29, 0.717) is 0 Å². The highest BCUT2D eigenvalue weighted by Crippen LogP contribution is 2.47. The van der Waals surface area contributed by atoms with Gasteiger partial charge in [0.1, 0.15) is 6.95 Å². The van der Waals surface area contributed by atoms with E-state index >= 15 is 0 Å². The third kappa shape index (κ3) is 4.47. The first-order valence-corrected chi connectivity index (χ1v) is 14.8. The highest BCUT2D eigenvalue weighted by atomic mass is 16.3. The second-order valence-electron chi connectivity index (χ2n) is 10.9. The van der Waals surface area contributed by atoms with Crippen LogP contribution in [0, 0.1) is 0 Å². The first-order chi connectivity index (χ1) is 34.7. The van der Waals surface area contributed by atoms with Gasteiger partial charge in [-0.25, -0.2) is 0 Å². The van der Waals surface area contributed by atoms with E-state index in [1.54, 1.807) is 30.3 Å². The van der Waals surface area contributed by atoms with Crippen molar-refractivity contribution in [2.24, 2.45) is 0 Å². The van der Waals surface area contributed by atoms with Crippen LogP contribution < -0.4 is 0 Å². The molecule has 0 amide bonds. The largest absolute Gasteiger partial charge is 0.464 e. The summed E-state index contributed by atoms with van der Waals surface area (Å²) in [4.78, 5) is 0. The van der Waals surface area contributed by atoms with Gasteiger partial charge >= 0.3 is 0 Å².